The van der Waals surface area contributed by atoms with Gasteiger partial charge in [0.1, 0.15) is 6.07 Å². The number of benzene rings is 1. The van der Waals surface area contributed by atoms with Crippen molar-refractivity contribution in [1.29, 1.82) is 5.26 Å². The van der Waals surface area contributed by atoms with E-state index < -0.39 is 10.0 Å². The molecule has 0 aliphatic heterocycles. The van der Waals surface area contributed by atoms with Crippen LogP contribution in [0.2, 0.25) is 0 Å². The minimum atomic E-state index is -3.47. The highest BCUT2D eigenvalue weighted by atomic mass is 32.2. The molecule has 94 valence electrons. The van der Waals surface area contributed by atoms with Crippen molar-refractivity contribution < 1.29 is 8.42 Å². The normalized spacial score (nSPS) is 11.9. The van der Waals surface area contributed by atoms with Crippen LogP contribution in [0.15, 0.2) is 29.3 Å². The highest BCUT2D eigenvalue weighted by Crippen LogP contribution is 2.24. The fourth-order valence-corrected chi connectivity index (χ4v) is 2.76. The maximum Gasteiger partial charge on any atom is 0.242 e. The van der Waals surface area contributed by atoms with E-state index in [0.29, 0.717) is 10.9 Å². The summed E-state index contributed by atoms with van der Waals surface area (Å²) in [7, 11) is 1.32. The Balaban J connectivity index is 2.76. The van der Waals surface area contributed by atoms with Crippen LogP contribution in [-0.4, -0.2) is 31.4 Å². The predicted molar refractivity (Wildman–Crippen MR) is 68.5 cm³/mol. The molecule has 0 radical (unpaired) electrons. The van der Waals surface area contributed by atoms with Gasteiger partial charge in [0.2, 0.25) is 10.0 Å². The number of aromatic nitrogens is 1. The summed E-state index contributed by atoms with van der Waals surface area (Å²) >= 11 is 0. The third-order valence-electron chi connectivity index (χ3n) is 2.86. The van der Waals surface area contributed by atoms with Crippen LogP contribution in [0.4, 0.5) is 0 Å². The highest BCUT2D eigenvalue weighted by molar-refractivity contribution is 7.89. The molecule has 1 aromatic carbocycles. The van der Waals surface area contributed by atoms with Gasteiger partial charge in [0.25, 0.3) is 0 Å². The van der Waals surface area contributed by atoms with Crippen LogP contribution in [0.1, 0.15) is 5.56 Å². The van der Waals surface area contributed by atoms with Gasteiger partial charge < -0.3 is 4.57 Å². The van der Waals surface area contributed by atoms with E-state index in [1.165, 1.54) is 14.1 Å². The molecular formula is C12H13N3O2S. The van der Waals surface area contributed by atoms with Crippen LogP contribution in [0.3, 0.4) is 0 Å². The molecular weight excluding hydrogens is 250 g/mol. The monoisotopic (exact) mass is 263 g/mol. The van der Waals surface area contributed by atoms with E-state index in [0.717, 1.165) is 9.82 Å². The van der Waals surface area contributed by atoms with Gasteiger partial charge in [0, 0.05) is 38.2 Å². The quantitative estimate of drug-likeness (QED) is 0.820. The summed E-state index contributed by atoms with van der Waals surface area (Å²) in [6, 6.07) is 6.88. The smallest absolute Gasteiger partial charge is 0.242 e. The molecule has 1 aromatic heterocycles. The van der Waals surface area contributed by atoms with E-state index in [4.69, 9.17) is 5.26 Å². The standard InChI is InChI=1S/C12H13N3O2S/c1-14(2)18(16,17)10-4-5-12-11(6-10)9(7-13)8-15(12)3/h4-6,8H,1-3H3. The van der Waals surface area contributed by atoms with Crippen LogP contribution in [0, 0.1) is 11.3 Å². The highest BCUT2D eigenvalue weighted by Gasteiger charge is 2.18. The summed E-state index contributed by atoms with van der Waals surface area (Å²) in [6.07, 6.45) is 1.69. The first-order valence-electron chi connectivity index (χ1n) is 5.29. The molecule has 1 heterocycles. The number of sulfonamides is 1. The van der Waals surface area contributed by atoms with Crippen molar-refractivity contribution in [3.05, 3.63) is 30.0 Å². The summed E-state index contributed by atoms with van der Waals surface area (Å²) in [5.41, 5.74) is 1.31. The molecule has 0 saturated carbocycles. The Hall–Kier alpha value is -1.84. The lowest BCUT2D eigenvalue weighted by Crippen LogP contribution is -2.22. The van der Waals surface area contributed by atoms with Crippen molar-refractivity contribution in [3.8, 4) is 6.07 Å². The van der Waals surface area contributed by atoms with Gasteiger partial charge >= 0.3 is 0 Å². The van der Waals surface area contributed by atoms with E-state index in [2.05, 4.69) is 6.07 Å². The average molecular weight is 263 g/mol. The fraction of sp³-hybridized carbons (Fsp3) is 0.250. The summed E-state index contributed by atoms with van der Waals surface area (Å²) in [5, 5.41) is 9.68. The Kier molecular flexibility index (Phi) is 2.89. The maximum absolute atomic E-state index is 12.0. The van der Waals surface area contributed by atoms with Crippen molar-refractivity contribution in [3.63, 3.8) is 0 Å². The molecule has 0 aliphatic carbocycles. The minimum absolute atomic E-state index is 0.197. The first-order chi connectivity index (χ1) is 8.37. The van der Waals surface area contributed by atoms with Gasteiger partial charge in [-0.1, -0.05) is 0 Å². The number of fused-ring (bicyclic) bond motifs is 1. The SMILES string of the molecule is CN(C)S(=O)(=O)c1ccc2c(c1)c(C#N)cn2C. The lowest BCUT2D eigenvalue weighted by atomic mass is 10.2. The van der Waals surface area contributed by atoms with Gasteiger partial charge in [-0.05, 0) is 18.2 Å². The molecule has 0 bridgehead atoms. The summed E-state index contributed by atoms with van der Waals surface area (Å²) < 4.78 is 27.0. The zero-order chi connectivity index (χ0) is 13.5. The molecule has 0 spiro atoms. The Morgan fingerprint density at radius 1 is 1.33 bits per heavy atom. The van der Waals surface area contributed by atoms with Gasteiger partial charge in [-0.3, -0.25) is 0 Å². The van der Waals surface area contributed by atoms with Crippen LogP contribution in [0.25, 0.3) is 10.9 Å². The van der Waals surface area contributed by atoms with Crippen LogP contribution < -0.4 is 0 Å². The largest absolute Gasteiger partial charge is 0.349 e. The lowest BCUT2D eigenvalue weighted by molar-refractivity contribution is 0.521. The third kappa shape index (κ3) is 1.78. The number of aryl methyl sites for hydroxylation is 1. The summed E-state index contributed by atoms with van der Waals surface area (Å²) in [4.78, 5) is 0.197. The second kappa shape index (κ2) is 4.12. The molecule has 0 unspecified atom stereocenters. The first-order valence-corrected chi connectivity index (χ1v) is 6.73. The van der Waals surface area contributed by atoms with Crippen LogP contribution >= 0.6 is 0 Å². The second-order valence-electron chi connectivity index (χ2n) is 4.23. The van der Waals surface area contributed by atoms with Gasteiger partial charge in [-0.2, -0.15) is 5.26 Å². The molecule has 0 N–H and O–H groups in total. The predicted octanol–water partition coefficient (Wildman–Crippen LogP) is 1.30. The number of rotatable bonds is 2. The molecule has 0 fully saturated rings. The molecule has 0 aliphatic rings. The second-order valence-corrected chi connectivity index (χ2v) is 6.38. The molecule has 0 saturated heterocycles. The average Bonchev–Trinajstić information content (AvgIpc) is 2.65. The fourth-order valence-electron chi connectivity index (χ4n) is 1.83. The number of nitrogens with zero attached hydrogens (tertiary/aromatic N) is 3. The number of hydrogen-bond donors (Lipinski definition) is 0. The molecule has 2 rings (SSSR count). The van der Waals surface area contributed by atoms with E-state index >= 15 is 0 Å². The van der Waals surface area contributed by atoms with Gasteiger partial charge in [-0.15, -0.1) is 0 Å². The molecule has 0 amide bonds. The molecule has 5 nitrogen and oxygen atoms in total. The van der Waals surface area contributed by atoms with Crippen LogP contribution in [0.5, 0.6) is 0 Å². The summed E-state index contributed by atoms with van der Waals surface area (Å²) in [5.74, 6) is 0. The van der Waals surface area contributed by atoms with Gasteiger partial charge in [-0.25, -0.2) is 12.7 Å². The van der Waals surface area contributed by atoms with Crippen molar-refractivity contribution in [2.45, 2.75) is 4.90 Å². The number of hydrogen-bond acceptors (Lipinski definition) is 3. The zero-order valence-electron chi connectivity index (χ0n) is 10.4. The maximum atomic E-state index is 12.0. The zero-order valence-corrected chi connectivity index (χ0v) is 11.2. The van der Waals surface area contributed by atoms with Crippen LogP contribution in [-0.2, 0) is 17.1 Å². The van der Waals surface area contributed by atoms with Crippen molar-refractivity contribution >= 4 is 20.9 Å². The topological polar surface area (TPSA) is 66.1 Å². The first kappa shape index (κ1) is 12.6. The van der Waals surface area contributed by atoms with E-state index in [1.54, 1.807) is 29.0 Å². The Bertz CT molecular complexity index is 751. The van der Waals surface area contributed by atoms with Crippen molar-refractivity contribution in [1.82, 2.24) is 8.87 Å². The third-order valence-corrected chi connectivity index (χ3v) is 4.67. The number of nitriles is 1. The molecule has 0 atom stereocenters. The van der Waals surface area contributed by atoms with E-state index in [9.17, 15) is 8.42 Å². The minimum Gasteiger partial charge on any atom is -0.349 e. The molecule has 2 aromatic rings. The Morgan fingerprint density at radius 2 is 2.00 bits per heavy atom. The van der Waals surface area contributed by atoms with Gasteiger partial charge in [0.15, 0.2) is 0 Å². The van der Waals surface area contributed by atoms with E-state index in [1.807, 2.05) is 7.05 Å². The summed E-state index contributed by atoms with van der Waals surface area (Å²) in [6.45, 7) is 0. The van der Waals surface area contributed by atoms with Crippen molar-refractivity contribution in [2.24, 2.45) is 7.05 Å². The lowest BCUT2D eigenvalue weighted by Gasteiger charge is -2.11. The molecule has 6 heteroatoms. The van der Waals surface area contributed by atoms with Crippen molar-refractivity contribution in [2.75, 3.05) is 14.1 Å². The van der Waals surface area contributed by atoms with E-state index in [-0.39, 0.29) is 4.90 Å². The van der Waals surface area contributed by atoms with Gasteiger partial charge in [0.05, 0.1) is 10.5 Å². The Labute approximate surface area is 106 Å². The Morgan fingerprint density at radius 3 is 2.56 bits per heavy atom. The molecule has 18 heavy (non-hydrogen) atoms.